The van der Waals surface area contributed by atoms with Crippen LogP contribution in [-0.4, -0.2) is 45.3 Å². The Labute approximate surface area is 161 Å². The Balaban J connectivity index is 1.88. The molecule has 0 radical (unpaired) electrons. The van der Waals surface area contributed by atoms with Crippen LogP contribution in [0.15, 0.2) is 53.4 Å². The predicted octanol–water partition coefficient (Wildman–Crippen LogP) is 3.31. The summed E-state index contributed by atoms with van der Waals surface area (Å²) in [6, 6.07) is 12.7. The number of anilines is 2. The van der Waals surface area contributed by atoms with Crippen molar-refractivity contribution in [1.82, 2.24) is 0 Å². The largest absolute Gasteiger partial charge is 0.370 e. The van der Waals surface area contributed by atoms with Crippen molar-refractivity contribution in [3.8, 4) is 0 Å². The maximum atomic E-state index is 12.8. The Bertz CT molecular complexity index is 955. The van der Waals surface area contributed by atoms with Gasteiger partial charge in [0.1, 0.15) is 5.69 Å². The van der Waals surface area contributed by atoms with Crippen LogP contribution in [0.3, 0.4) is 0 Å². The van der Waals surface area contributed by atoms with Gasteiger partial charge in [-0.2, -0.15) is 8.78 Å². The second kappa shape index (κ2) is 8.09. The van der Waals surface area contributed by atoms with Crippen LogP contribution in [0, 0.1) is 10.1 Å². The van der Waals surface area contributed by atoms with Crippen LogP contribution in [-0.2, 0) is 9.84 Å². The first-order valence-corrected chi connectivity index (χ1v) is 10.2. The van der Waals surface area contributed by atoms with Gasteiger partial charge in [0, 0.05) is 37.9 Å². The van der Waals surface area contributed by atoms with E-state index in [9.17, 15) is 27.3 Å². The summed E-state index contributed by atoms with van der Waals surface area (Å²) in [4.78, 5) is 13.9. The molecular weight excluding hydrogens is 392 g/mol. The average Bonchev–Trinajstić information content (AvgIpc) is 2.94. The van der Waals surface area contributed by atoms with Gasteiger partial charge in [0.2, 0.25) is 9.84 Å². The smallest absolute Gasteiger partial charge is 0.341 e. The fraction of sp³-hybridized carbons (Fsp3) is 0.333. The second-order valence-corrected chi connectivity index (χ2v) is 8.29. The van der Waals surface area contributed by atoms with E-state index in [1.165, 1.54) is 6.07 Å². The molecule has 1 saturated heterocycles. The van der Waals surface area contributed by atoms with Crippen molar-refractivity contribution in [2.45, 2.75) is 17.1 Å². The third-order valence-electron chi connectivity index (χ3n) is 4.66. The standard InChI is InChI=1S/C18H19F2N3O4S/c19-18(20)28(26,27)15-7-8-16(17(13-15)23(24)25)22-10-4-9-21(11-12-22)14-5-2-1-3-6-14/h1-3,5-8,13,18H,4,9-12H2. The van der Waals surface area contributed by atoms with Gasteiger partial charge < -0.3 is 9.80 Å². The normalized spacial score (nSPS) is 15.5. The van der Waals surface area contributed by atoms with Crippen LogP contribution >= 0.6 is 0 Å². The Kier molecular flexibility index (Phi) is 5.78. The second-order valence-electron chi connectivity index (χ2n) is 6.38. The molecule has 0 N–H and O–H groups in total. The molecular formula is C18H19F2N3O4S. The summed E-state index contributed by atoms with van der Waals surface area (Å²) < 4.78 is 48.9. The number of nitro benzene ring substituents is 1. The van der Waals surface area contributed by atoms with Gasteiger partial charge >= 0.3 is 5.76 Å². The number of rotatable bonds is 5. The maximum absolute atomic E-state index is 12.8. The number of alkyl halides is 2. The third kappa shape index (κ3) is 4.06. The number of nitro groups is 1. The maximum Gasteiger partial charge on any atom is 0.341 e. The summed E-state index contributed by atoms with van der Waals surface area (Å²) >= 11 is 0. The molecule has 0 bridgehead atoms. The van der Waals surface area contributed by atoms with E-state index in [1.54, 1.807) is 4.90 Å². The molecule has 0 amide bonds. The summed E-state index contributed by atoms with van der Waals surface area (Å²) in [5.74, 6) is -3.63. The van der Waals surface area contributed by atoms with Crippen LogP contribution in [0.4, 0.5) is 25.8 Å². The highest BCUT2D eigenvalue weighted by Gasteiger charge is 2.30. The molecule has 7 nitrogen and oxygen atoms in total. The van der Waals surface area contributed by atoms with E-state index in [1.807, 2.05) is 30.3 Å². The highest BCUT2D eigenvalue weighted by atomic mass is 32.2. The molecule has 28 heavy (non-hydrogen) atoms. The quantitative estimate of drug-likeness (QED) is 0.555. The molecule has 0 saturated carbocycles. The van der Waals surface area contributed by atoms with Gasteiger partial charge in [-0.3, -0.25) is 10.1 Å². The van der Waals surface area contributed by atoms with Crippen LogP contribution < -0.4 is 9.80 Å². The van der Waals surface area contributed by atoms with Crippen LogP contribution in [0.1, 0.15) is 6.42 Å². The molecule has 1 heterocycles. The minimum atomic E-state index is -4.90. The zero-order chi connectivity index (χ0) is 20.3. The molecule has 0 unspecified atom stereocenters. The fourth-order valence-electron chi connectivity index (χ4n) is 3.25. The van der Waals surface area contributed by atoms with E-state index in [0.717, 1.165) is 30.8 Å². The molecule has 2 aromatic carbocycles. The zero-order valence-corrected chi connectivity index (χ0v) is 15.7. The van der Waals surface area contributed by atoms with Gasteiger partial charge in [-0.1, -0.05) is 18.2 Å². The lowest BCUT2D eigenvalue weighted by Crippen LogP contribution is -2.31. The highest BCUT2D eigenvalue weighted by Crippen LogP contribution is 2.33. The lowest BCUT2D eigenvalue weighted by molar-refractivity contribution is -0.384. The van der Waals surface area contributed by atoms with Gasteiger partial charge in [0.25, 0.3) is 5.69 Å². The van der Waals surface area contributed by atoms with E-state index < -0.39 is 31.1 Å². The van der Waals surface area contributed by atoms with Crippen molar-refractivity contribution in [1.29, 1.82) is 0 Å². The average molecular weight is 411 g/mol. The first-order chi connectivity index (χ1) is 13.3. The third-order valence-corrected chi connectivity index (χ3v) is 6.04. The van der Waals surface area contributed by atoms with Gasteiger partial charge in [0.15, 0.2) is 0 Å². The number of halogens is 2. The number of hydrogen-bond acceptors (Lipinski definition) is 6. The summed E-state index contributed by atoms with van der Waals surface area (Å²) in [5.41, 5.74) is 0.792. The Morgan fingerprint density at radius 1 is 0.964 bits per heavy atom. The molecule has 1 aliphatic rings. The first-order valence-electron chi connectivity index (χ1n) is 8.66. The molecule has 0 atom stereocenters. The highest BCUT2D eigenvalue weighted by molar-refractivity contribution is 7.91. The van der Waals surface area contributed by atoms with Crippen molar-refractivity contribution in [2.75, 3.05) is 36.0 Å². The molecule has 0 aliphatic carbocycles. The predicted molar refractivity (Wildman–Crippen MR) is 102 cm³/mol. The topological polar surface area (TPSA) is 83.8 Å². The summed E-state index contributed by atoms with van der Waals surface area (Å²) in [6.45, 7) is 2.41. The SMILES string of the molecule is O=[N+]([O-])c1cc(S(=O)(=O)C(F)F)ccc1N1CCCN(c2ccccc2)CC1. The monoisotopic (exact) mass is 411 g/mol. The molecule has 2 aromatic rings. The number of nitrogens with zero attached hydrogens (tertiary/aromatic N) is 3. The van der Waals surface area contributed by atoms with Crippen molar-refractivity contribution in [3.05, 3.63) is 58.6 Å². The van der Waals surface area contributed by atoms with Crippen LogP contribution in [0.25, 0.3) is 0 Å². The van der Waals surface area contributed by atoms with Crippen molar-refractivity contribution >= 4 is 26.9 Å². The molecule has 3 rings (SSSR count). The number of hydrogen-bond donors (Lipinski definition) is 0. The first kappa shape index (κ1) is 20.0. The fourth-order valence-corrected chi connectivity index (χ4v) is 3.99. The summed E-state index contributed by atoms with van der Waals surface area (Å²) in [5, 5.41) is 11.5. The lowest BCUT2D eigenvalue weighted by atomic mass is 10.2. The minimum Gasteiger partial charge on any atom is -0.370 e. The molecule has 0 spiro atoms. The van der Waals surface area contributed by atoms with E-state index in [-0.39, 0.29) is 5.69 Å². The zero-order valence-electron chi connectivity index (χ0n) is 14.9. The van der Waals surface area contributed by atoms with Crippen molar-refractivity contribution in [2.24, 2.45) is 0 Å². The van der Waals surface area contributed by atoms with Gasteiger partial charge in [-0.05, 0) is 30.7 Å². The van der Waals surface area contributed by atoms with E-state index in [2.05, 4.69) is 4.90 Å². The molecule has 1 fully saturated rings. The van der Waals surface area contributed by atoms with Crippen LogP contribution in [0.5, 0.6) is 0 Å². The molecule has 150 valence electrons. The van der Waals surface area contributed by atoms with E-state index in [4.69, 9.17) is 0 Å². The minimum absolute atomic E-state index is 0.230. The molecule has 0 aromatic heterocycles. The number of para-hydroxylation sites is 1. The van der Waals surface area contributed by atoms with Gasteiger partial charge in [0.05, 0.1) is 9.82 Å². The van der Waals surface area contributed by atoms with E-state index >= 15 is 0 Å². The van der Waals surface area contributed by atoms with Crippen LogP contribution in [0.2, 0.25) is 0 Å². The van der Waals surface area contributed by atoms with E-state index in [0.29, 0.717) is 19.6 Å². The Hall–Kier alpha value is -2.75. The number of sulfone groups is 1. The van der Waals surface area contributed by atoms with Crippen molar-refractivity contribution in [3.63, 3.8) is 0 Å². The Morgan fingerprint density at radius 3 is 2.25 bits per heavy atom. The van der Waals surface area contributed by atoms with Gasteiger partial charge in [-0.15, -0.1) is 0 Å². The molecule has 1 aliphatic heterocycles. The Morgan fingerprint density at radius 2 is 1.61 bits per heavy atom. The van der Waals surface area contributed by atoms with Gasteiger partial charge in [-0.25, -0.2) is 8.42 Å². The van der Waals surface area contributed by atoms with Crippen molar-refractivity contribution < 1.29 is 22.1 Å². The molecule has 10 heteroatoms. The number of benzene rings is 2. The lowest BCUT2D eigenvalue weighted by Gasteiger charge is -2.24. The summed E-state index contributed by atoms with van der Waals surface area (Å²) in [7, 11) is -4.90. The summed E-state index contributed by atoms with van der Waals surface area (Å²) in [6.07, 6.45) is 0.739.